The maximum absolute atomic E-state index is 5.69. The van der Waals surface area contributed by atoms with Gasteiger partial charge in [0.25, 0.3) is 0 Å². The third-order valence-electron chi connectivity index (χ3n) is 4.48. The van der Waals surface area contributed by atoms with E-state index in [-0.39, 0.29) is 0 Å². The molecule has 110 valence electrons. The molecule has 2 atom stereocenters. The molecule has 0 radical (unpaired) electrons. The van der Waals surface area contributed by atoms with Gasteiger partial charge in [0.1, 0.15) is 0 Å². The Balaban J connectivity index is 4.02. The first kappa shape index (κ1) is 17.9. The van der Waals surface area contributed by atoms with Crippen LogP contribution in [0.25, 0.3) is 0 Å². The van der Waals surface area contributed by atoms with Crippen LogP contribution in [0.1, 0.15) is 60.8 Å². The topological polar surface area (TPSA) is 29.3 Å². The fraction of sp³-hybridized carbons (Fsp3) is 1.00. The molecule has 0 bridgehead atoms. The maximum atomic E-state index is 5.69. The first-order chi connectivity index (χ1) is 8.20. The smallest absolute Gasteiger partial charge is 0.0112 e. The minimum Gasteiger partial charge on any atom is -0.330 e. The third-order valence-corrected chi connectivity index (χ3v) is 4.48. The zero-order valence-electron chi connectivity index (χ0n) is 13.8. The standard InChI is InChI=1S/C16H36N2/c1-13(2)15(10-11-17)9-8-12-18(7)14(3)16(4,5)6/h13-15H,8-12,17H2,1-7H3. The van der Waals surface area contributed by atoms with Gasteiger partial charge in [-0.2, -0.15) is 0 Å². The first-order valence-corrected chi connectivity index (χ1v) is 7.60. The zero-order valence-corrected chi connectivity index (χ0v) is 13.8. The quantitative estimate of drug-likeness (QED) is 0.716. The van der Waals surface area contributed by atoms with Crippen molar-refractivity contribution in [2.75, 3.05) is 20.1 Å². The Morgan fingerprint density at radius 3 is 2.00 bits per heavy atom. The molecule has 2 unspecified atom stereocenters. The molecule has 2 nitrogen and oxygen atoms in total. The molecule has 0 fully saturated rings. The average Bonchev–Trinajstić information content (AvgIpc) is 2.25. The number of hydrogen-bond acceptors (Lipinski definition) is 2. The van der Waals surface area contributed by atoms with E-state index in [2.05, 4.69) is 53.5 Å². The fourth-order valence-corrected chi connectivity index (χ4v) is 2.48. The average molecular weight is 256 g/mol. The summed E-state index contributed by atoms with van der Waals surface area (Å²) in [5, 5.41) is 0. The Bertz CT molecular complexity index is 206. The molecule has 0 saturated carbocycles. The SMILES string of the molecule is CC(C)C(CCN)CCCN(C)C(C)C(C)(C)C. The van der Waals surface area contributed by atoms with Crippen LogP contribution in [0, 0.1) is 17.3 Å². The van der Waals surface area contributed by atoms with Crippen molar-refractivity contribution in [2.24, 2.45) is 23.0 Å². The van der Waals surface area contributed by atoms with E-state index >= 15 is 0 Å². The van der Waals surface area contributed by atoms with Crippen molar-refractivity contribution in [1.82, 2.24) is 4.90 Å². The second-order valence-electron chi connectivity index (χ2n) is 7.25. The minimum atomic E-state index is 0.365. The lowest BCUT2D eigenvalue weighted by Crippen LogP contribution is -2.39. The van der Waals surface area contributed by atoms with Crippen molar-refractivity contribution >= 4 is 0 Å². The summed E-state index contributed by atoms with van der Waals surface area (Å²) in [4.78, 5) is 2.50. The largest absolute Gasteiger partial charge is 0.330 e. The van der Waals surface area contributed by atoms with Crippen LogP contribution in [0.3, 0.4) is 0 Å². The third kappa shape index (κ3) is 6.75. The molecule has 18 heavy (non-hydrogen) atoms. The summed E-state index contributed by atoms with van der Waals surface area (Å²) in [6.45, 7) is 16.0. The zero-order chi connectivity index (χ0) is 14.3. The van der Waals surface area contributed by atoms with Crippen LogP contribution in [0.2, 0.25) is 0 Å². The summed E-state index contributed by atoms with van der Waals surface area (Å²) in [5.74, 6) is 1.56. The first-order valence-electron chi connectivity index (χ1n) is 7.60. The van der Waals surface area contributed by atoms with Crippen LogP contribution >= 0.6 is 0 Å². The molecule has 0 aromatic heterocycles. The van der Waals surface area contributed by atoms with Crippen molar-refractivity contribution in [3.8, 4) is 0 Å². The van der Waals surface area contributed by atoms with Crippen LogP contribution in [-0.4, -0.2) is 31.1 Å². The highest BCUT2D eigenvalue weighted by Crippen LogP contribution is 2.24. The van der Waals surface area contributed by atoms with Crippen molar-refractivity contribution in [1.29, 1.82) is 0 Å². The Morgan fingerprint density at radius 2 is 1.61 bits per heavy atom. The normalized spacial score (nSPS) is 16.3. The van der Waals surface area contributed by atoms with Crippen LogP contribution in [0.15, 0.2) is 0 Å². The van der Waals surface area contributed by atoms with E-state index in [0.717, 1.165) is 18.4 Å². The minimum absolute atomic E-state index is 0.365. The summed E-state index contributed by atoms with van der Waals surface area (Å²) in [5.41, 5.74) is 6.06. The van der Waals surface area contributed by atoms with Gasteiger partial charge in [-0.05, 0) is 63.6 Å². The van der Waals surface area contributed by atoms with E-state index in [4.69, 9.17) is 5.73 Å². The van der Waals surface area contributed by atoms with Crippen LogP contribution in [0.4, 0.5) is 0 Å². The van der Waals surface area contributed by atoms with E-state index in [1.54, 1.807) is 0 Å². The number of hydrogen-bond donors (Lipinski definition) is 1. The maximum Gasteiger partial charge on any atom is 0.0112 e. The fourth-order valence-electron chi connectivity index (χ4n) is 2.48. The predicted molar refractivity (Wildman–Crippen MR) is 82.8 cm³/mol. The second-order valence-corrected chi connectivity index (χ2v) is 7.25. The van der Waals surface area contributed by atoms with Crippen LogP contribution in [-0.2, 0) is 0 Å². The predicted octanol–water partition coefficient (Wildman–Crippen LogP) is 3.75. The molecule has 0 aromatic carbocycles. The number of nitrogens with zero attached hydrogens (tertiary/aromatic N) is 1. The lowest BCUT2D eigenvalue weighted by Gasteiger charge is -2.35. The lowest BCUT2D eigenvalue weighted by molar-refractivity contribution is 0.135. The molecular weight excluding hydrogens is 220 g/mol. The summed E-state index contributed by atoms with van der Waals surface area (Å²) in [7, 11) is 2.25. The molecule has 0 saturated heterocycles. The van der Waals surface area contributed by atoms with Crippen LogP contribution < -0.4 is 5.73 Å². The van der Waals surface area contributed by atoms with Gasteiger partial charge in [0.15, 0.2) is 0 Å². The van der Waals surface area contributed by atoms with Crippen molar-refractivity contribution in [2.45, 2.75) is 66.8 Å². The highest BCUT2D eigenvalue weighted by molar-refractivity contribution is 4.77. The van der Waals surface area contributed by atoms with Gasteiger partial charge in [-0.25, -0.2) is 0 Å². The van der Waals surface area contributed by atoms with Gasteiger partial charge in [-0.15, -0.1) is 0 Å². The van der Waals surface area contributed by atoms with E-state index in [0.29, 0.717) is 11.5 Å². The van der Waals surface area contributed by atoms with Crippen molar-refractivity contribution in [3.05, 3.63) is 0 Å². The molecular formula is C16H36N2. The molecule has 0 heterocycles. The van der Waals surface area contributed by atoms with E-state index < -0.39 is 0 Å². The van der Waals surface area contributed by atoms with Gasteiger partial charge in [-0.1, -0.05) is 34.6 Å². The molecule has 2 heteroatoms. The van der Waals surface area contributed by atoms with Gasteiger partial charge in [0.2, 0.25) is 0 Å². The van der Waals surface area contributed by atoms with E-state index in [1.165, 1.54) is 25.8 Å². The van der Waals surface area contributed by atoms with Gasteiger partial charge in [0.05, 0.1) is 0 Å². The Hall–Kier alpha value is -0.0800. The highest BCUT2D eigenvalue weighted by atomic mass is 15.1. The van der Waals surface area contributed by atoms with Gasteiger partial charge < -0.3 is 10.6 Å². The van der Waals surface area contributed by atoms with Crippen molar-refractivity contribution in [3.63, 3.8) is 0 Å². The Labute approximate surface area is 115 Å². The molecule has 0 amide bonds. The van der Waals surface area contributed by atoms with Gasteiger partial charge in [-0.3, -0.25) is 0 Å². The van der Waals surface area contributed by atoms with E-state index in [9.17, 15) is 0 Å². The molecule has 0 rings (SSSR count). The highest BCUT2D eigenvalue weighted by Gasteiger charge is 2.23. The molecule has 2 N–H and O–H groups in total. The molecule has 0 aliphatic carbocycles. The summed E-state index contributed by atoms with van der Waals surface area (Å²) in [6.07, 6.45) is 3.78. The Morgan fingerprint density at radius 1 is 1.06 bits per heavy atom. The Kier molecular flexibility index (Phi) is 8.13. The molecule has 0 spiro atoms. The molecule has 0 aromatic rings. The monoisotopic (exact) mass is 256 g/mol. The van der Waals surface area contributed by atoms with Crippen molar-refractivity contribution < 1.29 is 0 Å². The number of nitrogens with two attached hydrogens (primary N) is 1. The lowest BCUT2D eigenvalue weighted by atomic mass is 9.86. The number of rotatable bonds is 8. The second kappa shape index (κ2) is 8.16. The summed E-state index contributed by atoms with van der Waals surface area (Å²) >= 11 is 0. The van der Waals surface area contributed by atoms with Gasteiger partial charge >= 0.3 is 0 Å². The molecule has 0 aliphatic heterocycles. The van der Waals surface area contributed by atoms with E-state index in [1.807, 2.05) is 0 Å². The summed E-state index contributed by atoms with van der Waals surface area (Å²) < 4.78 is 0. The van der Waals surface area contributed by atoms with Gasteiger partial charge in [0, 0.05) is 6.04 Å². The molecule has 0 aliphatic rings. The van der Waals surface area contributed by atoms with Crippen LogP contribution in [0.5, 0.6) is 0 Å². The summed E-state index contributed by atoms with van der Waals surface area (Å²) in [6, 6.07) is 0.629.